The molecule has 8 heteroatoms. The zero-order valence-corrected chi connectivity index (χ0v) is 23.0. The third-order valence-corrected chi connectivity index (χ3v) is 8.26. The van der Waals surface area contributed by atoms with Crippen LogP contribution < -0.4 is 10.6 Å². The lowest BCUT2D eigenvalue weighted by Gasteiger charge is -2.33. The summed E-state index contributed by atoms with van der Waals surface area (Å²) in [6.07, 6.45) is 6.21. The summed E-state index contributed by atoms with van der Waals surface area (Å²) < 4.78 is 28.4. The Balaban J connectivity index is 1.37. The Morgan fingerprint density at radius 1 is 1.03 bits per heavy atom. The molecule has 1 saturated heterocycles. The number of piperidine rings is 1. The second-order valence-electron chi connectivity index (χ2n) is 11.0. The van der Waals surface area contributed by atoms with Crippen molar-refractivity contribution in [1.29, 1.82) is 0 Å². The summed E-state index contributed by atoms with van der Waals surface area (Å²) in [7, 11) is 0. The molecule has 1 saturated carbocycles. The molecule has 2 fully saturated rings. The molecular formula is C30H38ClF2N3O2. The molecule has 1 heterocycles. The number of hydrogen-bond donors (Lipinski definition) is 2. The number of nitrogens with zero attached hydrogens (tertiary/aromatic N) is 1. The van der Waals surface area contributed by atoms with Gasteiger partial charge in [0.15, 0.2) is 0 Å². The van der Waals surface area contributed by atoms with Crippen LogP contribution in [0.25, 0.3) is 0 Å². The number of nitrogens with one attached hydrogen (secondary N) is 2. The Morgan fingerprint density at radius 3 is 2.39 bits per heavy atom. The molecule has 2 aromatic carbocycles. The number of halogens is 3. The molecule has 0 aromatic heterocycles. The van der Waals surface area contributed by atoms with Gasteiger partial charge in [0.05, 0.1) is 6.04 Å². The lowest BCUT2D eigenvalue weighted by atomic mass is 9.88. The molecule has 2 N–H and O–H groups in total. The van der Waals surface area contributed by atoms with Crippen LogP contribution in [0.5, 0.6) is 0 Å². The standard InChI is InChI=1S/C30H38ClF2N3O2/c1-19(2)29(37)34-23-8-10-27(33)25(18-23)20-11-14-36(15-12-20)16-13-28(24-9-7-22(32)17-26(24)31)35-30(38)21-5-3-4-6-21/h7-10,17-21,28H,3-6,11-16H2,1-2H3,(H,34,37)(H,35,38). The van der Waals surface area contributed by atoms with Crippen molar-refractivity contribution in [2.45, 2.75) is 70.8 Å². The fourth-order valence-corrected chi connectivity index (χ4v) is 5.87. The molecule has 4 rings (SSSR count). The minimum absolute atomic E-state index is 0.0310. The molecule has 2 aromatic rings. The van der Waals surface area contributed by atoms with Crippen LogP contribution in [0.2, 0.25) is 5.02 Å². The molecule has 2 amide bonds. The van der Waals surface area contributed by atoms with Crippen LogP contribution in [0.1, 0.15) is 81.9 Å². The molecule has 1 unspecified atom stereocenters. The van der Waals surface area contributed by atoms with E-state index in [1.54, 1.807) is 18.2 Å². The second kappa shape index (κ2) is 13.0. The first-order valence-electron chi connectivity index (χ1n) is 13.8. The van der Waals surface area contributed by atoms with E-state index in [-0.39, 0.29) is 41.4 Å². The zero-order valence-electron chi connectivity index (χ0n) is 22.2. The smallest absolute Gasteiger partial charge is 0.226 e. The van der Waals surface area contributed by atoms with Crippen LogP contribution >= 0.6 is 11.6 Å². The molecular weight excluding hydrogens is 508 g/mol. The largest absolute Gasteiger partial charge is 0.349 e. The van der Waals surface area contributed by atoms with E-state index in [2.05, 4.69) is 15.5 Å². The molecule has 0 radical (unpaired) electrons. The number of benzene rings is 2. The van der Waals surface area contributed by atoms with Crippen LogP contribution in [-0.4, -0.2) is 36.3 Å². The third kappa shape index (κ3) is 7.32. The highest BCUT2D eigenvalue weighted by molar-refractivity contribution is 6.31. The number of carbonyl (C=O) groups excluding carboxylic acids is 2. The highest BCUT2D eigenvalue weighted by atomic mass is 35.5. The highest BCUT2D eigenvalue weighted by Gasteiger charge is 2.28. The zero-order chi connectivity index (χ0) is 27.2. The van der Waals surface area contributed by atoms with Gasteiger partial charge in [-0.3, -0.25) is 9.59 Å². The molecule has 1 aliphatic carbocycles. The van der Waals surface area contributed by atoms with E-state index >= 15 is 0 Å². The Bertz CT molecular complexity index is 1130. The molecule has 0 bridgehead atoms. The summed E-state index contributed by atoms with van der Waals surface area (Å²) >= 11 is 6.39. The van der Waals surface area contributed by atoms with Gasteiger partial charge in [-0.15, -0.1) is 0 Å². The average molecular weight is 546 g/mol. The SMILES string of the molecule is CC(C)C(=O)Nc1ccc(F)c(C2CCN(CCC(NC(=O)C3CCCC3)c3ccc(F)cc3Cl)CC2)c1. The first-order chi connectivity index (χ1) is 18.2. The quantitative estimate of drug-likeness (QED) is 0.363. The van der Waals surface area contributed by atoms with Gasteiger partial charge in [-0.2, -0.15) is 0 Å². The molecule has 0 spiro atoms. The van der Waals surface area contributed by atoms with E-state index in [4.69, 9.17) is 11.6 Å². The van der Waals surface area contributed by atoms with Crippen molar-refractivity contribution in [2.24, 2.45) is 11.8 Å². The number of amides is 2. The van der Waals surface area contributed by atoms with Gasteiger partial charge >= 0.3 is 0 Å². The Morgan fingerprint density at radius 2 is 1.74 bits per heavy atom. The van der Waals surface area contributed by atoms with Gasteiger partial charge in [0.1, 0.15) is 11.6 Å². The van der Waals surface area contributed by atoms with Gasteiger partial charge in [0, 0.05) is 29.1 Å². The van der Waals surface area contributed by atoms with Crippen molar-refractivity contribution >= 4 is 29.1 Å². The van der Waals surface area contributed by atoms with Crippen LogP contribution in [0, 0.1) is 23.5 Å². The normalized spacial score (nSPS) is 18.1. The van der Waals surface area contributed by atoms with E-state index in [0.29, 0.717) is 22.7 Å². The minimum Gasteiger partial charge on any atom is -0.349 e. The van der Waals surface area contributed by atoms with E-state index in [0.717, 1.165) is 63.7 Å². The van der Waals surface area contributed by atoms with Gasteiger partial charge < -0.3 is 15.5 Å². The topological polar surface area (TPSA) is 61.4 Å². The number of hydrogen-bond acceptors (Lipinski definition) is 3. The van der Waals surface area contributed by atoms with Crippen LogP contribution in [0.4, 0.5) is 14.5 Å². The van der Waals surface area contributed by atoms with Crippen molar-refractivity contribution < 1.29 is 18.4 Å². The Hall–Kier alpha value is -2.51. The number of anilines is 1. The monoisotopic (exact) mass is 545 g/mol. The van der Waals surface area contributed by atoms with Crippen molar-refractivity contribution in [3.05, 3.63) is 64.2 Å². The summed E-state index contributed by atoms with van der Waals surface area (Å²) in [6.45, 7) is 5.98. The second-order valence-corrected chi connectivity index (χ2v) is 11.4. The van der Waals surface area contributed by atoms with Gasteiger partial charge in [-0.25, -0.2) is 8.78 Å². The van der Waals surface area contributed by atoms with Crippen molar-refractivity contribution in [2.75, 3.05) is 25.0 Å². The minimum atomic E-state index is -0.401. The van der Waals surface area contributed by atoms with E-state index < -0.39 is 5.82 Å². The fourth-order valence-electron chi connectivity index (χ4n) is 5.57. The number of rotatable bonds is 9. The summed E-state index contributed by atoms with van der Waals surface area (Å²) in [5, 5.41) is 6.37. The lowest BCUT2D eigenvalue weighted by Crippen LogP contribution is -2.38. The maximum Gasteiger partial charge on any atom is 0.226 e. The molecule has 1 aliphatic heterocycles. The molecule has 1 atom stereocenters. The van der Waals surface area contributed by atoms with E-state index in [1.807, 2.05) is 13.8 Å². The molecule has 38 heavy (non-hydrogen) atoms. The summed E-state index contributed by atoms with van der Waals surface area (Å²) in [4.78, 5) is 27.3. The number of likely N-dealkylation sites (tertiary alicyclic amines) is 1. The van der Waals surface area contributed by atoms with Crippen LogP contribution in [0.3, 0.4) is 0 Å². The molecule has 5 nitrogen and oxygen atoms in total. The van der Waals surface area contributed by atoms with Crippen molar-refractivity contribution in [1.82, 2.24) is 10.2 Å². The fraction of sp³-hybridized carbons (Fsp3) is 0.533. The highest BCUT2D eigenvalue weighted by Crippen LogP contribution is 2.33. The maximum atomic E-state index is 14.7. The van der Waals surface area contributed by atoms with Crippen LogP contribution in [-0.2, 0) is 9.59 Å². The number of carbonyl (C=O) groups is 2. The van der Waals surface area contributed by atoms with E-state index in [1.165, 1.54) is 18.2 Å². The Labute approximate surface area is 229 Å². The third-order valence-electron chi connectivity index (χ3n) is 7.93. The van der Waals surface area contributed by atoms with Crippen molar-refractivity contribution in [3.63, 3.8) is 0 Å². The van der Waals surface area contributed by atoms with Gasteiger partial charge in [-0.05, 0) is 92.6 Å². The van der Waals surface area contributed by atoms with Crippen molar-refractivity contribution in [3.8, 4) is 0 Å². The van der Waals surface area contributed by atoms with Gasteiger partial charge in [0.2, 0.25) is 11.8 Å². The first kappa shape index (κ1) is 28.5. The lowest BCUT2D eigenvalue weighted by molar-refractivity contribution is -0.125. The molecule has 206 valence electrons. The summed E-state index contributed by atoms with van der Waals surface area (Å²) in [6, 6.07) is 8.85. The van der Waals surface area contributed by atoms with Gasteiger partial charge in [-0.1, -0.05) is 44.4 Å². The van der Waals surface area contributed by atoms with Crippen LogP contribution in [0.15, 0.2) is 36.4 Å². The summed E-state index contributed by atoms with van der Waals surface area (Å²) in [5.74, 6) is -0.730. The van der Waals surface area contributed by atoms with E-state index in [9.17, 15) is 18.4 Å². The first-order valence-corrected chi connectivity index (χ1v) is 14.2. The molecule has 2 aliphatic rings. The Kier molecular flexibility index (Phi) is 9.77. The predicted molar refractivity (Wildman–Crippen MR) is 147 cm³/mol. The predicted octanol–water partition coefficient (Wildman–Crippen LogP) is 6.83. The maximum absolute atomic E-state index is 14.7. The summed E-state index contributed by atoms with van der Waals surface area (Å²) in [5.41, 5.74) is 2.00. The average Bonchev–Trinajstić information content (AvgIpc) is 3.43. The van der Waals surface area contributed by atoms with Gasteiger partial charge in [0.25, 0.3) is 0 Å².